The molecule has 10 heteroatoms. The minimum Gasteiger partial charge on any atom is -0.455 e. The highest BCUT2D eigenvalue weighted by Crippen LogP contribution is 2.20. The molecule has 0 unspecified atom stereocenters. The molecule has 1 amide bonds. The predicted octanol–water partition coefficient (Wildman–Crippen LogP) is 2.09. The van der Waals surface area contributed by atoms with Crippen LogP contribution in [-0.4, -0.2) is 55.1 Å². The molecule has 0 saturated carbocycles. The number of benzene rings is 1. The molecule has 0 aliphatic carbocycles. The number of non-ortho nitro benzene ring substituents is 1. The molecule has 2 rings (SSSR count). The van der Waals surface area contributed by atoms with Crippen LogP contribution in [0.1, 0.15) is 39.0 Å². The number of hydrogen-bond donors (Lipinski definition) is 0. The van der Waals surface area contributed by atoms with E-state index >= 15 is 0 Å². The van der Waals surface area contributed by atoms with Crippen molar-refractivity contribution in [2.45, 2.75) is 49.2 Å². The summed E-state index contributed by atoms with van der Waals surface area (Å²) in [5.41, 5.74) is -0.256. The molecule has 28 heavy (non-hydrogen) atoms. The maximum atomic E-state index is 12.5. The molecule has 1 fully saturated rings. The van der Waals surface area contributed by atoms with Crippen LogP contribution >= 0.6 is 0 Å². The first-order chi connectivity index (χ1) is 13.2. The first-order valence-corrected chi connectivity index (χ1v) is 10.7. The molecule has 0 N–H and O–H groups in total. The third-order valence-electron chi connectivity index (χ3n) is 4.72. The Morgan fingerprint density at radius 2 is 1.64 bits per heavy atom. The van der Waals surface area contributed by atoms with E-state index in [0.29, 0.717) is 13.1 Å². The summed E-state index contributed by atoms with van der Waals surface area (Å²) in [5, 5.41) is 9.14. The van der Waals surface area contributed by atoms with Crippen molar-refractivity contribution in [2.75, 3.05) is 19.7 Å². The van der Waals surface area contributed by atoms with Crippen molar-refractivity contribution in [3.05, 3.63) is 34.4 Å². The zero-order chi connectivity index (χ0) is 20.7. The summed E-state index contributed by atoms with van der Waals surface area (Å²) in [4.78, 5) is 35.9. The van der Waals surface area contributed by atoms with Crippen LogP contribution in [0.4, 0.5) is 5.69 Å². The Morgan fingerprint density at radius 3 is 2.18 bits per heavy atom. The van der Waals surface area contributed by atoms with Crippen LogP contribution in [0.15, 0.2) is 29.2 Å². The topological polar surface area (TPSA) is 124 Å². The van der Waals surface area contributed by atoms with Crippen LogP contribution in [0.2, 0.25) is 0 Å². The van der Waals surface area contributed by atoms with Gasteiger partial charge in [-0.05, 0) is 31.9 Å². The SMILES string of the molecule is C[C@@H](C(=O)OCC(=O)N1CCCCCCC1)S(=O)(=O)c1ccc([N+](=O)[O-])cc1. The summed E-state index contributed by atoms with van der Waals surface area (Å²) in [6.45, 7) is 1.87. The van der Waals surface area contributed by atoms with Gasteiger partial charge in [-0.3, -0.25) is 19.7 Å². The number of esters is 1. The van der Waals surface area contributed by atoms with Crippen molar-refractivity contribution in [1.29, 1.82) is 0 Å². The number of carbonyl (C=O) groups excluding carboxylic acids is 2. The number of nitro benzene ring substituents is 1. The van der Waals surface area contributed by atoms with Crippen molar-refractivity contribution in [3.8, 4) is 0 Å². The molecule has 0 bridgehead atoms. The van der Waals surface area contributed by atoms with Gasteiger partial charge < -0.3 is 9.64 Å². The molecule has 0 radical (unpaired) electrons. The average Bonchev–Trinajstić information content (AvgIpc) is 2.65. The first kappa shape index (κ1) is 21.8. The fraction of sp³-hybridized carbons (Fsp3) is 0.556. The van der Waals surface area contributed by atoms with Crippen LogP contribution in [0.3, 0.4) is 0 Å². The molecule has 1 heterocycles. The van der Waals surface area contributed by atoms with Crippen LogP contribution in [0, 0.1) is 10.1 Å². The highest BCUT2D eigenvalue weighted by Gasteiger charge is 2.32. The predicted molar refractivity (Wildman–Crippen MR) is 100 cm³/mol. The van der Waals surface area contributed by atoms with Crippen LogP contribution in [0.25, 0.3) is 0 Å². The molecule has 154 valence electrons. The van der Waals surface area contributed by atoms with Crippen molar-refractivity contribution in [1.82, 2.24) is 4.90 Å². The number of ether oxygens (including phenoxy) is 1. The number of rotatable bonds is 6. The fourth-order valence-electron chi connectivity index (χ4n) is 2.93. The maximum Gasteiger partial charge on any atom is 0.324 e. The largest absolute Gasteiger partial charge is 0.455 e. The van der Waals surface area contributed by atoms with E-state index < -0.39 is 32.6 Å². The van der Waals surface area contributed by atoms with Gasteiger partial charge in [0.2, 0.25) is 0 Å². The zero-order valence-electron chi connectivity index (χ0n) is 15.7. The number of nitrogens with zero attached hydrogens (tertiary/aromatic N) is 2. The average molecular weight is 412 g/mol. The second-order valence-electron chi connectivity index (χ2n) is 6.69. The Labute approximate surface area is 163 Å². The van der Waals surface area contributed by atoms with Crippen molar-refractivity contribution >= 4 is 27.4 Å². The number of sulfone groups is 1. The summed E-state index contributed by atoms with van der Waals surface area (Å²) in [6, 6.07) is 4.25. The lowest BCUT2D eigenvalue weighted by Gasteiger charge is -2.24. The number of nitro groups is 1. The summed E-state index contributed by atoms with van der Waals surface area (Å²) in [7, 11) is -4.09. The standard InChI is InChI=1S/C18H24N2O7S/c1-14(28(25,26)16-9-7-15(8-10-16)20(23)24)18(22)27-13-17(21)19-11-5-3-2-4-6-12-19/h7-10,14H,2-6,11-13H2,1H3/t14-/m0/s1. The maximum absolute atomic E-state index is 12.5. The van der Waals surface area contributed by atoms with Crippen molar-refractivity contribution < 1.29 is 27.7 Å². The van der Waals surface area contributed by atoms with Gasteiger partial charge in [0.05, 0.1) is 9.82 Å². The molecular formula is C18H24N2O7S. The molecule has 9 nitrogen and oxygen atoms in total. The normalized spacial score (nSPS) is 16.5. The Morgan fingerprint density at radius 1 is 1.11 bits per heavy atom. The number of likely N-dealkylation sites (tertiary alicyclic amines) is 1. The van der Waals surface area contributed by atoms with Gasteiger partial charge in [0.15, 0.2) is 21.7 Å². The van der Waals surface area contributed by atoms with Crippen LogP contribution in [-0.2, 0) is 24.2 Å². The number of carbonyl (C=O) groups is 2. The third-order valence-corrected chi connectivity index (χ3v) is 6.77. The zero-order valence-corrected chi connectivity index (χ0v) is 16.5. The lowest BCUT2D eigenvalue weighted by Crippen LogP contribution is -2.38. The van der Waals surface area contributed by atoms with Gasteiger partial charge in [0.25, 0.3) is 11.6 Å². The molecule has 1 saturated heterocycles. The molecule has 1 aromatic carbocycles. The van der Waals surface area contributed by atoms with E-state index in [4.69, 9.17) is 4.74 Å². The first-order valence-electron chi connectivity index (χ1n) is 9.16. The van der Waals surface area contributed by atoms with Gasteiger partial charge in [-0.1, -0.05) is 19.3 Å². The van der Waals surface area contributed by atoms with E-state index in [2.05, 4.69) is 0 Å². The molecule has 1 aromatic rings. The van der Waals surface area contributed by atoms with Gasteiger partial charge in [0, 0.05) is 25.2 Å². The van der Waals surface area contributed by atoms with Crippen molar-refractivity contribution in [3.63, 3.8) is 0 Å². The van der Waals surface area contributed by atoms with Crippen molar-refractivity contribution in [2.24, 2.45) is 0 Å². The second-order valence-corrected chi connectivity index (χ2v) is 8.96. The fourth-order valence-corrected chi connectivity index (χ4v) is 4.17. The Kier molecular flexibility index (Phi) is 7.50. The van der Waals surface area contributed by atoms with Gasteiger partial charge in [-0.25, -0.2) is 8.42 Å². The van der Waals surface area contributed by atoms with E-state index in [1.165, 1.54) is 6.92 Å². The van der Waals surface area contributed by atoms with E-state index in [1.807, 2.05) is 0 Å². The summed E-state index contributed by atoms with van der Waals surface area (Å²) in [6.07, 6.45) is 5.03. The molecular weight excluding hydrogens is 388 g/mol. The van der Waals surface area contributed by atoms with E-state index in [0.717, 1.165) is 56.4 Å². The van der Waals surface area contributed by atoms with Crippen LogP contribution in [0.5, 0.6) is 0 Å². The summed E-state index contributed by atoms with van der Waals surface area (Å²) < 4.78 is 30.0. The van der Waals surface area contributed by atoms with Gasteiger partial charge in [-0.2, -0.15) is 0 Å². The monoisotopic (exact) mass is 412 g/mol. The summed E-state index contributed by atoms with van der Waals surface area (Å²) >= 11 is 0. The number of amides is 1. The Bertz CT molecular complexity index is 813. The molecule has 0 aromatic heterocycles. The van der Waals surface area contributed by atoms with E-state index in [9.17, 15) is 28.1 Å². The third kappa shape index (κ3) is 5.51. The van der Waals surface area contributed by atoms with Gasteiger partial charge in [-0.15, -0.1) is 0 Å². The Balaban J connectivity index is 1.96. The molecule has 1 aliphatic rings. The number of hydrogen-bond acceptors (Lipinski definition) is 7. The quantitative estimate of drug-likeness (QED) is 0.398. The van der Waals surface area contributed by atoms with E-state index in [-0.39, 0.29) is 16.5 Å². The summed E-state index contributed by atoms with van der Waals surface area (Å²) in [5.74, 6) is -1.37. The smallest absolute Gasteiger partial charge is 0.324 e. The lowest BCUT2D eigenvalue weighted by molar-refractivity contribution is -0.384. The molecule has 1 aliphatic heterocycles. The minimum absolute atomic E-state index is 0.224. The van der Waals surface area contributed by atoms with E-state index in [1.54, 1.807) is 4.90 Å². The highest BCUT2D eigenvalue weighted by molar-refractivity contribution is 7.92. The molecule has 1 atom stereocenters. The lowest BCUT2D eigenvalue weighted by atomic mass is 10.1. The highest BCUT2D eigenvalue weighted by atomic mass is 32.2. The second kappa shape index (κ2) is 9.63. The Hall–Kier alpha value is -2.49. The van der Waals surface area contributed by atoms with Gasteiger partial charge >= 0.3 is 5.97 Å². The van der Waals surface area contributed by atoms with Crippen LogP contribution < -0.4 is 0 Å². The molecule has 0 spiro atoms. The minimum atomic E-state index is -4.09. The van der Waals surface area contributed by atoms with Gasteiger partial charge in [0.1, 0.15) is 0 Å².